The van der Waals surface area contributed by atoms with Gasteiger partial charge in [-0.25, -0.2) is 4.98 Å². The second kappa shape index (κ2) is 8.98. The number of halogens is 1. The second-order valence-corrected chi connectivity index (χ2v) is 10.6. The molecule has 0 saturated heterocycles. The first-order chi connectivity index (χ1) is 16.3. The van der Waals surface area contributed by atoms with E-state index >= 15 is 0 Å². The van der Waals surface area contributed by atoms with E-state index in [1.54, 1.807) is 19.1 Å². The summed E-state index contributed by atoms with van der Waals surface area (Å²) in [4.78, 5) is 44.9. The van der Waals surface area contributed by atoms with Crippen LogP contribution in [0.1, 0.15) is 46.6 Å². The molecule has 1 aromatic carbocycles. The first-order valence-corrected chi connectivity index (χ1v) is 12.9. The lowest BCUT2D eigenvalue weighted by atomic mass is 9.95. The zero-order valence-electron chi connectivity index (χ0n) is 18.3. The molecule has 0 bridgehead atoms. The fourth-order valence-electron chi connectivity index (χ4n) is 4.32. The van der Waals surface area contributed by atoms with E-state index in [9.17, 15) is 14.4 Å². The highest BCUT2D eigenvalue weighted by Gasteiger charge is 2.27. The maximum absolute atomic E-state index is 13.4. The largest absolute Gasteiger partial charge is 0.365 e. The van der Waals surface area contributed by atoms with Gasteiger partial charge in [-0.3, -0.25) is 19.0 Å². The second-order valence-electron chi connectivity index (χ2n) is 8.24. The minimum absolute atomic E-state index is 0.306. The number of hydrogen-bond acceptors (Lipinski definition) is 6. The van der Waals surface area contributed by atoms with Gasteiger partial charge in [-0.15, -0.1) is 22.7 Å². The molecule has 3 heterocycles. The number of nitrogens with two attached hydrogens (primary N) is 1. The number of rotatable bonds is 5. The van der Waals surface area contributed by atoms with Crippen LogP contribution in [0.15, 0.2) is 40.8 Å². The van der Waals surface area contributed by atoms with Crippen molar-refractivity contribution in [1.29, 1.82) is 0 Å². The van der Waals surface area contributed by atoms with Crippen LogP contribution in [0.4, 0.5) is 5.00 Å². The van der Waals surface area contributed by atoms with Crippen LogP contribution in [0.3, 0.4) is 0 Å². The van der Waals surface area contributed by atoms with Crippen LogP contribution in [0.5, 0.6) is 0 Å². The lowest BCUT2D eigenvalue weighted by Gasteiger charge is -2.15. The van der Waals surface area contributed by atoms with E-state index in [2.05, 4.69) is 10.3 Å². The van der Waals surface area contributed by atoms with Gasteiger partial charge in [0.05, 0.1) is 17.3 Å². The van der Waals surface area contributed by atoms with Crippen molar-refractivity contribution in [1.82, 2.24) is 9.55 Å². The number of aromatic nitrogens is 2. The summed E-state index contributed by atoms with van der Waals surface area (Å²) < 4.78 is 1.32. The quantitative estimate of drug-likeness (QED) is 0.391. The van der Waals surface area contributed by atoms with Gasteiger partial charge in [-0.1, -0.05) is 23.7 Å². The summed E-state index contributed by atoms with van der Waals surface area (Å²) in [7, 11) is 0. The van der Waals surface area contributed by atoms with Gasteiger partial charge in [0.2, 0.25) is 5.91 Å². The van der Waals surface area contributed by atoms with Crippen LogP contribution >= 0.6 is 34.3 Å². The summed E-state index contributed by atoms with van der Waals surface area (Å²) in [6, 6.07) is 6.38. The molecule has 0 fully saturated rings. The van der Waals surface area contributed by atoms with Gasteiger partial charge in [0.1, 0.15) is 15.9 Å². The predicted molar refractivity (Wildman–Crippen MR) is 137 cm³/mol. The Morgan fingerprint density at radius 2 is 1.94 bits per heavy atom. The third-order valence-corrected chi connectivity index (χ3v) is 8.47. The zero-order chi connectivity index (χ0) is 24.0. The Hall–Kier alpha value is -3.01. The molecule has 3 N–H and O–H groups in total. The molecule has 7 nitrogen and oxygen atoms in total. The van der Waals surface area contributed by atoms with Gasteiger partial charge >= 0.3 is 0 Å². The predicted octanol–water partition coefficient (Wildman–Crippen LogP) is 5.02. The summed E-state index contributed by atoms with van der Waals surface area (Å²) >= 11 is 8.77. The molecule has 3 aromatic heterocycles. The van der Waals surface area contributed by atoms with Crippen molar-refractivity contribution in [3.05, 3.63) is 67.4 Å². The van der Waals surface area contributed by atoms with Crippen molar-refractivity contribution >= 4 is 61.3 Å². The molecule has 0 spiro atoms. The highest BCUT2D eigenvalue weighted by Crippen LogP contribution is 2.38. The van der Waals surface area contributed by atoms with E-state index in [4.69, 9.17) is 17.3 Å². The average Bonchev–Trinajstić information content (AvgIpc) is 3.41. The van der Waals surface area contributed by atoms with Crippen LogP contribution in [0.25, 0.3) is 21.3 Å². The Morgan fingerprint density at radius 1 is 1.21 bits per heavy atom. The highest BCUT2D eigenvalue weighted by atomic mass is 35.5. The molecule has 0 saturated carbocycles. The third-order valence-electron chi connectivity index (χ3n) is 6.13. The van der Waals surface area contributed by atoms with Crippen molar-refractivity contribution < 1.29 is 9.59 Å². The molecule has 0 radical (unpaired) electrons. The van der Waals surface area contributed by atoms with Gasteiger partial charge in [0.15, 0.2) is 0 Å². The SMILES string of the molecule is CC(C(=O)Nc1sc2c(c1C(N)=O)CCCC2)n1cnc2scc(-c3ccc(Cl)cc3)c2c1=O. The number of fused-ring (bicyclic) bond motifs is 2. The van der Waals surface area contributed by atoms with E-state index in [1.165, 1.54) is 33.6 Å². The van der Waals surface area contributed by atoms with E-state index in [0.29, 0.717) is 25.8 Å². The molecule has 4 aromatic rings. The number of carbonyl (C=O) groups is 2. The number of amides is 2. The summed E-state index contributed by atoms with van der Waals surface area (Å²) in [6.45, 7) is 1.63. The van der Waals surface area contributed by atoms with E-state index < -0.39 is 17.9 Å². The van der Waals surface area contributed by atoms with Crippen molar-refractivity contribution in [2.75, 3.05) is 5.32 Å². The molecule has 5 rings (SSSR count). The summed E-state index contributed by atoms with van der Waals surface area (Å²) in [6.07, 6.45) is 5.09. The van der Waals surface area contributed by atoms with Gasteiger partial charge < -0.3 is 11.1 Å². The molecular weight excluding hydrogens is 492 g/mol. The number of carbonyl (C=O) groups excluding carboxylic acids is 2. The van der Waals surface area contributed by atoms with Crippen molar-refractivity contribution in [3.8, 4) is 11.1 Å². The van der Waals surface area contributed by atoms with Crippen LogP contribution < -0.4 is 16.6 Å². The number of primary amides is 1. The number of anilines is 1. The number of aryl methyl sites for hydroxylation is 1. The molecular formula is C24H21ClN4O3S2. The lowest BCUT2D eigenvalue weighted by molar-refractivity contribution is -0.118. The van der Waals surface area contributed by atoms with Crippen molar-refractivity contribution in [2.45, 2.75) is 38.6 Å². The molecule has 34 heavy (non-hydrogen) atoms. The van der Waals surface area contributed by atoms with E-state index in [0.717, 1.165) is 47.3 Å². The smallest absolute Gasteiger partial charge is 0.263 e. The van der Waals surface area contributed by atoms with Gasteiger partial charge in [0.25, 0.3) is 11.5 Å². The molecule has 1 aliphatic rings. The minimum atomic E-state index is -0.845. The van der Waals surface area contributed by atoms with Crippen molar-refractivity contribution in [3.63, 3.8) is 0 Å². The van der Waals surface area contributed by atoms with E-state index in [1.807, 2.05) is 17.5 Å². The van der Waals surface area contributed by atoms with Crippen LogP contribution in [0, 0.1) is 0 Å². The zero-order valence-corrected chi connectivity index (χ0v) is 20.6. The number of benzene rings is 1. The number of thiophene rings is 2. The van der Waals surface area contributed by atoms with Crippen molar-refractivity contribution in [2.24, 2.45) is 5.73 Å². The standard InChI is InChI=1S/C24H21ClN4O3S2/c1-12(21(31)28-23-18(20(26)30)15-4-2-3-5-17(15)34-23)29-11-27-22-19(24(29)32)16(10-33-22)13-6-8-14(25)9-7-13/h6-12H,2-5H2,1H3,(H2,26,30)(H,28,31). The molecule has 1 unspecified atom stereocenters. The fourth-order valence-corrected chi connectivity index (χ4v) is 6.65. The minimum Gasteiger partial charge on any atom is -0.365 e. The first-order valence-electron chi connectivity index (χ1n) is 10.8. The fraction of sp³-hybridized carbons (Fsp3) is 0.250. The van der Waals surface area contributed by atoms with Crippen LogP contribution in [-0.2, 0) is 17.6 Å². The van der Waals surface area contributed by atoms with Crippen LogP contribution in [-0.4, -0.2) is 21.4 Å². The summed E-state index contributed by atoms with van der Waals surface area (Å²) in [5.41, 5.74) is 8.27. The topological polar surface area (TPSA) is 107 Å². The third kappa shape index (κ3) is 3.93. The molecule has 0 aliphatic heterocycles. The first kappa shape index (κ1) is 22.8. The highest BCUT2D eigenvalue weighted by molar-refractivity contribution is 7.17. The maximum atomic E-state index is 13.4. The molecule has 2 amide bonds. The molecule has 1 aliphatic carbocycles. The normalized spacial score (nSPS) is 14.1. The Morgan fingerprint density at radius 3 is 2.68 bits per heavy atom. The van der Waals surface area contributed by atoms with E-state index in [-0.39, 0.29) is 5.56 Å². The van der Waals surface area contributed by atoms with Crippen LogP contribution in [0.2, 0.25) is 5.02 Å². The Labute approximate surface area is 208 Å². The Kier molecular flexibility index (Phi) is 6.01. The Balaban J connectivity index is 1.49. The number of nitrogens with zero attached hydrogens (tertiary/aromatic N) is 2. The number of hydrogen-bond donors (Lipinski definition) is 2. The molecule has 174 valence electrons. The monoisotopic (exact) mass is 512 g/mol. The van der Waals surface area contributed by atoms with Gasteiger partial charge in [-0.2, -0.15) is 0 Å². The summed E-state index contributed by atoms with van der Waals surface area (Å²) in [5.74, 6) is -0.957. The molecule has 10 heteroatoms. The number of nitrogens with one attached hydrogen (secondary N) is 1. The summed E-state index contributed by atoms with van der Waals surface area (Å²) in [5, 5.41) is 6.25. The lowest BCUT2D eigenvalue weighted by Crippen LogP contribution is -2.32. The Bertz CT molecular complexity index is 1490. The molecule has 1 atom stereocenters. The average molecular weight is 513 g/mol. The van der Waals surface area contributed by atoms with Gasteiger partial charge in [0, 0.05) is 20.8 Å². The maximum Gasteiger partial charge on any atom is 0.263 e. The van der Waals surface area contributed by atoms with Gasteiger partial charge in [-0.05, 0) is 55.9 Å².